The highest BCUT2D eigenvalue weighted by Gasteiger charge is 2.29. The maximum atomic E-state index is 2.38. The normalized spacial score (nSPS) is 11.7. The first-order valence-electron chi connectivity index (χ1n) is 45.0. The molecule has 0 aliphatic carbocycles. The molecule has 10 nitrogen and oxygen atoms in total. The molecule has 15 aromatic carbocycles. The molecule has 0 atom stereocenters. The molecule has 0 aliphatic heterocycles. The molecule has 10 heteroatoms. The van der Waals surface area contributed by atoms with E-state index in [4.69, 9.17) is 0 Å². The summed E-state index contributed by atoms with van der Waals surface area (Å²) in [6.07, 6.45) is 10.9. The summed E-state index contributed by atoms with van der Waals surface area (Å²) in [7, 11) is 21.6. The second kappa shape index (κ2) is 32.6. The Kier molecular flexibility index (Phi) is 20.4. The fourth-order valence-electron chi connectivity index (χ4n) is 21.3. The van der Waals surface area contributed by atoms with Crippen LogP contribution in [0.2, 0.25) is 0 Å². The van der Waals surface area contributed by atoms with Crippen molar-refractivity contribution in [2.24, 2.45) is 70.5 Å². The lowest BCUT2D eigenvalue weighted by molar-refractivity contribution is -0.659. The molecule has 0 bridgehead atoms. The predicted molar refractivity (Wildman–Crippen MR) is 546 cm³/mol. The average Bonchev–Trinajstić information content (AvgIpc) is 1.62. The van der Waals surface area contributed by atoms with Crippen LogP contribution in [0.25, 0.3) is 219 Å². The summed E-state index contributed by atoms with van der Waals surface area (Å²) in [6, 6.07) is 121. The van der Waals surface area contributed by atoms with Crippen molar-refractivity contribution < 1.29 is 22.8 Å². The van der Waals surface area contributed by atoms with Crippen molar-refractivity contribution in [3.05, 3.63) is 392 Å². The highest BCUT2D eigenvalue weighted by atomic mass is 15.0. The third-order valence-corrected chi connectivity index (χ3v) is 27.4. The smallest absolute Gasteiger partial charge is 0.236 e. The van der Waals surface area contributed by atoms with Crippen molar-refractivity contribution in [1.29, 1.82) is 0 Å². The van der Waals surface area contributed by atoms with Crippen molar-refractivity contribution >= 4 is 163 Å². The topological polar surface area (TPSA) is 44.0 Å². The van der Waals surface area contributed by atoms with E-state index in [2.05, 4.69) is 515 Å². The van der Waals surface area contributed by atoms with Crippen molar-refractivity contribution in [2.45, 2.75) is 34.6 Å². The minimum absolute atomic E-state index is 1.24. The Balaban J connectivity index is 0.0000000984. The lowest BCUT2D eigenvalue weighted by Gasteiger charge is -2.07. The molecule has 0 spiro atoms. The number of rotatable bonds is 5. The Morgan fingerprint density at radius 2 is 0.408 bits per heavy atom. The van der Waals surface area contributed by atoms with Gasteiger partial charge in [-0.25, -0.2) is 0 Å². The Morgan fingerprint density at radius 1 is 0.177 bits per heavy atom. The van der Waals surface area contributed by atoms with Gasteiger partial charge < -0.3 is 22.8 Å². The molecule has 25 aromatic rings. The van der Waals surface area contributed by atoms with Crippen molar-refractivity contribution in [3.63, 3.8) is 0 Å². The van der Waals surface area contributed by atoms with E-state index in [0.717, 1.165) is 0 Å². The maximum absolute atomic E-state index is 2.38. The molecule has 0 N–H and O–H groups in total. The summed E-state index contributed by atoms with van der Waals surface area (Å²) in [5, 5.41) is 26.2. The van der Waals surface area contributed by atoms with E-state index in [1.807, 2.05) is 0 Å². The molecule has 630 valence electrons. The fraction of sp³-hybridized carbons (Fsp3) is 0.125. The zero-order valence-corrected chi connectivity index (χ0v) is 76.6. The SMILES string of the molecule is Cc1ccc(-c2c3c(c(C)c[n+]2C)c2ccc4ccccc4c2n3C)cc1.Cc1ccc(-c2c3c(cc[n+]2C)c2ccc4ccccc4c2n3C)cc1.Cc1ccc2c(ccc3c4cc[n+](C)c(-c5ccccc5)c4n(C)c23)c1.Cc1ccc2c(ccc3c4cc[n+](C)c(-c5ccccc5)c4n(C)c23)c1.Cn1c2c(-c3ccccc3)[n+](C)ccc2c2ccc3ccccc3c21. The van der Waals surface area contributed by atoms with Gasteiger partial charge in [-0.1, -0.05) is 271 Å². The van der Waals surface area contributed by atoms with Crippen LogP contribution in [0.5, 0.6) is 0 Å². The van der Waals surface area contributed by atoms with Gasteiger partial charge in [0.1, 0.15) is 62.8 Å². The highest BCUT2D eigenvalue weighted by molar-refractivity contribution is 6.24. The molecule has 10 aromatic heterocycles. The first kappa shape index (κ1) is 81.4. The van der Waals surface area contributed by atoms with Crippen LogP contribution in [0.3, 0.4) is 0 Å². The molecule has 0 saturated heterocycles. The molecule has 10 heterocycles. The van der Waals surface area contributed by atoms with Gasteiger partial charge in [0.25, 0.3) is 0 Å². The molecule has 0 saturated carbocycles. The zero-order valence-electron chi connectivity index (χ0n) is 76.6. The van der Waals surface area contributed by atoms with E-state index in [1.165, 1.54) is 247 Å². The van der Waals surface area contributed by atoms with Crippen LogP contribution in [0.1, 0.15) is 27.8 Å². The van der Waals surface area contributed by atoms with Crippen LogP contribution in [-0.4, -0.2) is 22.8 Å². The van der Waals surface area contributed by atoms with E-state index >= 15 is 0 Å². The summed E-state index contributed by atoms with van der Waals surface area (Å²) in [5.74, 6) is 0. The molecular weight excluding hydrogens is 1580 g/mol. The third kappa shape index (κ3) is 13.6. The summed E-state index contributed by atoms with van der Waals surface area (Å²) in [6.45, 7) is 10.8. The minimum atomic E-state index is 1.24. The van der Waals surface area contributed by atoms with Crippen molar-refractivity contribution in [2.75, 3.05) is 0 Å². The van der Waals surface area contributed by atoms with Gasteiger partial charge in [0.2, 0.25) is 28.5 Å². The third-order valence-electron chi connectivity index (χ3n) is 27.4. The second-order valence-corrected chi connectivity index (χ2v) is 35.7. The van der Waals surface area contributed by atoms with Crippen LogP contribution in [0, 0.1) is 34.6 Å². The Bertz CT molecular complexity index is 8660. The van der Waals surface area contributed by atoms with Gasteiger partial charge in [-0.2, -0.15) is 22.8 Å². The number of hydrogen-bond acceptors (Lipinski definition) is 0. The van der Waals surface area contributed by atoms with E-state index < -0.39 is 0 Å². The van der Waals surface area contributed by atoms with Crippen LogP contribution in [0.15, 0.2) is 365 Å². The van der Waals surface area contributed by atoms with Gasteiger partial charge in [-0.05, 0) is 122 Å². The Labute approximate surface area is 757 Å². The summed E-state index contributed by atoms with van der Waals surface area (Å²) in [4.78, 5) is 0. The van der Waals surface area contributed by atoms with E-state index in [9.17, 15) is 0 Å². The first-order valence-corrected chi connectivity index (χ1v) is 45.0. The largest absolute Gasteiger partial charge is 0.338 e. The summed E-state index contributed by atoms with van der Waals surface area (Å²) in [5.41, 5.74) is 31.9. The molecular formula is C120H105N10+5. The van der Waals surface area contributed by atoms with Crippen LogP contribution < -0.4 is 22.8 Å². The quantitative estimate of drug-likeness (QED) is 0.154. The number of nitrogens with zero attached hydrogens (tertiary/aromatic N) is 10. The van der Waals surface area contributed by atoms with Crippen LogP contribution >= 0.6 is 0 Å². The fourth-order valence-corrected chi connectivity index (χ4v) is 21.3. The van der Waals surface area contributed by atoms with Gasteiger partial charge in [0, 0.05) is 174 Å². The van der Waals surface area contributed by atoms with Gasteiger partial charge in [-0.3, -0.25) is 0 Å². The van der Waals surface area contributed by atoms with E-state index in [1.54, 1.807) is 0 Å². The monoisotopic (exact) mass is 1690 g/mol. The number of hydrogen-bond donors (Lipinski definition) is 0. The number of aryl methyl sites for hydroxylation is 15. The number of pyridine rings is 5. The highest BCUT2D eigenvalue weighted by Crippen LogP contribution is 2.44. The number of aromatic nitrogens is 10. The van der Waals surface area contributed by atoms with Gasteiger partial charge in [-0.15, -0.1) is 0 Å². The zero-order chi connectivity index (χ0) is 89.2. The first-order chi connectivity index (χ1) is 63.3. The molecule has 25 rings (SSSR count). The lowest BCUT2D eigenvalue weighted by atomic mass is 10.0. The van der Waals surface area contributed by atoms with Crippen LogP contribution in [0.4, 0.5) is 0 Å². The van der Waals surface area contributed by atoms with E-state index in [-0.39, 0.29) is 0 Å². The molecule has 0 unspecified atom stereocenters. The molecule has 130 heavy (non-hydrogen) atoms. The minimum Gasteiger partial charge on any atom is -0.338 e. The van der Waals surface area contributed by atoms with Crippen LogP contribution in [-0.2, 0) is 70.5 Å². The molecule has 0 fully saturated rings. The predicted octanol–water partition coefficient (Wildman–Crippen LogP) is 26.4. The standard InChI is InChI=1S/C25H23N2.3C24H21N2.C23H19N2/c1-16-9-11-19(12-10-16)23-25-22(17(2)15-26(23)3)21-14-13-18-7-5-6-8-20(18)24(21)27(25)4;1-16-8-10-18(11-9-16)22-24-21(14-15-25(22)2)20-13-12-17-6-4-5-7-19(17)23(20)26(24)3;2*1-16-9-11-19-18(15-16)10-12-20-21-13-14-25(2)22(17-7-5-4-6-8-17)24(21)26(3)23(19)20;1-24-15-14-20-19-13-12-16-8-6-7-11-18(16)22(19)25(2)23(20)21(24)17-9-4-3-5-10-17/h5-15H,1-4H3;3*4-15H,1-3H3;3-15H,1-2H3/q5*+1. The number of fused-ring (bicyclic) bond motifs is 25. The maximum Gasteiger partial charge on any atom is 0.236 e. The molecule has 0 aliphatic rings. The number of benzene rings is 15. The van der Waals surface area contributed by atoms with Gasteiger partial charge >= 0.3 is 0 Å². The lowest BCUT2D eigenvalue weighted by Crippen LogP contribution is -2.31. The summed E-state index contributed by atoms with van der Waals surface area (Å²) >= 11 is 0. The molecule has 0 radical (unpaired) electrons. The van der Waals surface area contributed by atoms with Gasteiger partial charge in [0.05, 0.1) is 27.6 Å². The Hall–Kier alpha value is -15.7. The Morgan fingerprint density at radius 3 is 0.731 bits per heavy atom. The van der Waals surface area contributed by atoms with Crippen molar-refractivity contribution in [1.82, 2.24) is 22.8 Å². The average molecular weight is 1690 g/mol. The van der Waals surface area contributed by atoms with E-state index in [0.29, 0.717) is 0 Å². The van der Waals surface area contributed by atoms with Gasteiger partial charge in [0.15, 0.2) is 31.0 Å². The molecule has 0 amide bonds. The second-order valence-electron chi connectivity index (χ2n) is 35.7. The van der Waals surface area contributed by atoms with Crippen molar-refractivity contribution in [3.8, 4) is 56.3 Å². The summed E-state index contributed by atoms with van der Waals surface area (Å²) < 4.78 is 23.0.